The third kappa shape index (κ3) is 4.01. The number of carbonyl (C=O) groups is 1. The fourth-order valence-corrected chi connectivity index (χ4v) is 3.60. The topological polar surface area (TPSA) is 60.0 Å². The highest BCUT2D eigenvalue weighted by molar-refractivity contribution is 5.75. The van der Waals surface area contributed by atoms with E-state index in [1.807, 2.05) is 49.1 Å². The zero-order valence-electron chi connectivity index (χ0n) is 17.2. The predicted octanol–water partition coefficient (Wildman–Crippen LogP) is 3.85. The molecule has 0 fully saturated rings. The van der Waals surface area contributed by atoms with Crippen molar-refractivity contribution < 1.29 is 19.0 Å². The molecule has 0 bridgehead atoms. The minimum atomic E-state index is -0.158. The van der Waals surface area contributed by atoms with Crippen LogP contribution in [-0.2, 0) is 13.0 Å². The normalized spacial score (nSPS) is 14.1. The van der Waals surface area contributed by atoms with E-state index >= 15 is 0 Å². The van der Waals surface area contributed by atoms with Gasteiger partial charge in [-0.3, -0.25) is 0 Å². The highest BCUT2D eigenvalue weighted by Gasteiger charge is 2.24. The molecule has 1 unspecified atom stereocenters. The highest BCUT2D eigenvalue weighted by Crippen LogP contribution is 2.33. The summed E-state index contributed by atoms with van der Waals surface area (Å²) >= 11 is 0. The van der Waals surface area contributed by atoms with Crippen molar-refractivity contribution >= 4 is 6.03 Å². The quantitative estimate of drug-likeness (QED) is 0.851. The summed E-state index contributed by atoms with van der Waals surface area (Å²) in [5.74, 6) is 2.18. The molecule has 0 aliphatic carbocycles. The molecule has 0 spiro atoms. The standard InChI is InChI=1S/C22H28N2O4/c1-14-6-7-19(26-3)18(10-14)15(2)23-22(25)24-9-8-16-11-20(27-4)21(28-5)12-17(16)13-24/h6-7,10-12,15H,8-9,13H2,1-5H3,(H,23,25). The molecule has 0 radical (unpaired) electrons. The number of benzene rings is 2. The maximum absolute atomic E-state index is 12.9. The van der Waals surface area contributed by atoms with E-state index in [9.17, 15) is 4.79 Å². The SMILES string of the molecule is COc1cc2c(cc1OC)CN(C(=O)NC(C)c1cc(C)ccc1OC)CC2. The van der Waals surface area contributed by atoms with Crippen molar-refractivity contribution in [2.24, 2.45) is 0 Å². The number of hydrogen-bond acceptors (Lipinski definition) is 4. The summed E-state index contributed by atoms with van der Waals surface area (Å²) < 4.78 is 16.2. The second-order valence-corrected chi connectivity index (χ2v) is 7.06. The number of hydrogen-bond donors (Lipinski definition) is 1. The highest BCUT2D eigenvalue weighted by atomic mass is 16.5. The van der Waals surface area contributed by atoms with Gasteiger partial charge in [0.15, 0.2) is 11.5 Å². The molecule has 2 aromatic rings. The second kappa shape index (κ2) is 8.42. The summed E-state index contributed by atoms with van der Waals surface area (Å²) in [5, 5.41) is 3.10. The van der Waals surface area contributed by atoms with Gasteiger partial charge in [-0.2, -0.15) is 0 Å². The molecule has 6 heteroatoms. The number of nitrogens with one attached hydrogen (secondary N) is 1. The van der Waals surface area contributed by atoms with Gasteiger partial charge >= 0.3 is 6.03 Å². The number of aryl methyl sites for hydroxylation is 1. The smallest absolute Gasteiger partial charge is 0.318 e. The third-order valence-electron chi connectivity index (χ3n) is 5.20. The summed E-state index contributed by atoms with van der Waals surface area (Å²) in [4.78, 5) is 14.7. The Balaban J connectivity index is 1.74. The number of rotatable bonds is 5. The Bertz CT molecular complexity index is 866. The lowest BCUT2D eigenvalue weighted by Crippen LogP contribution is -2.43. The summed E-state index contributed by atoms with van der Waals surface area (Å²) in [6, 6.07) is 9.70. The molecule has 1 atom stereocenters. The molecule has 1 aliphatic rings. The van der Waals surface area contributed by atoms with Crippen LogP contribution in [0.5, 0.6) is 17.2 Å². The van der Waals surface area contributed by atoms with Crippen molar-refractivity contribution in [3.8, 4) is 17.2 Å². The number of ether oxygens (including phenoxy) is 3. The molecule has 1 aliphatic heterocycles. The van der Waals surface area contributed by atoms with Gasteiger partial charge in [-0.15, -0.1) is 0 Å². The molecule has 6 nitrogen and oxygen atoms in total. The number of amides is 2. The predicted molar refractivity (Wildman–Crippen MR) is 108 cm³/mol. The molecule has 0 aromatic heterocycles. The van der Waals surface area contributed by atoms with Crippen molar-refractivity contribution in [3.63, 3.8) is 0 Å². The zero-order chi connectivity index (χ0) is 20.3. The molecule has 0 saturated heterocycles. The van der Waals surface area contributed by atoms with Crippen LogP contribution >= 0.6 is 0 Å². The number of nitrogens with zero attached hydrogens (tertiary/aromatic N) is 1. The van der Waals surface area contributed by atoms with Crippen molar-refractivity contribution in [1.29, 1.82) is 0 Å². The largest absolute Gasteiger partial charge is 0.496 e. The minimum Gasteiger partial charge on any atom is -0.496 e. The first-order chi connectivity index (χ1) is 13.5. The van der Waals surface area contributed by atoms with Crippen molar-refractivity contribution in [1.82, 2.24) is 10.2 Å². The van der Waals surface area contributed by atoms with Gasteiger partial charge in [0.1, 0.15) is 5.75 Å². The molecule has 150 valence electrons. The molecular weight excluding hydrogens is 356 g/mol. The summed E-state index contributed by atoms with van der Waals surface area (Å²) in [7, 11) is 4.90. The molecule has 28 heavy (non-hydrogen) atoms. The van der Waals surface area contributed by atoms with Gasteiger partial charge in [0.2, 0.25) is 0 Å². The van der Waals surface area contributed by atoms with Crippen LogP contribution in [0.4, 0.5) is 4.79 Å². The molecule has 2 amide bonds. The van der Waals surface area contributed by atoms with E-state index in [1.54, 1.807) is 21.3 Å². The van der Waals surface area contributed by atoms with Gasteiger partial charge < -0.3 is 24.4 Å². The van der Waals surface area contributed by atoms with Crippen molar-refractivity contribution in [2.75, 3.05) is 27.9 Å². The van der Waals surface area contributed by atoms with Crippen molar-refractivity contribution in [3.05, 3.63) is 52.6 Å². The van der Waals surface area contributed by atoms with Crippen molar-refractivity contribution in [2.45, 2.75) is 32.9 Å². The van der Waals surface area contributed by atoms with Crippen LogP contribution in [0.25, 0.3) is 0 Å². The van der Waals surface area contributed by atoms with E-state index in [0.717, 1.165) is 34.6 Å². The van der Waals surface area contributed by atoms with E-state index in [1.165, 1.54) is 5.56 Å². The molecular formula is C22H28N2O4. The monoisotopic (exact) mass is 384 g/mol. The Labute approximate surface area is 166 Å². The third-order valence-corrected chi connectivity index (χ3v) is 5.20. The lowest BCUT2D eigenvalue weighted by atomic mass is 9.99. The Morgan fingerprint density at radius 1 is 1.00 bits per heavy atom. The molecule has 1 heterocycles. The van der Waals surface area contributed by atoms with Gasteiger partial charge in [-0.05, 0) is 49.6 Å². The Hall–Kier alpha value is -2.89. The lowest BCUT2D eigenvalue weighted by molar-refractivity contribution is 0.188. The maximum Gasteiger partial charge on any atom is 0.318 e. The molecule has 1 N–H and O–H groups in total. The number of methoxy groups -OCH3 is 3. The first kappa shape index (κ1) is 19.9. The van der Waals surface area contributed by atoms with Gasteiger partial charge in [0.25, 0.3) is 0 Å². The Morgan fingerprint density at radius 3 is 2.29 bits per heavy atom. The van der Waals surface area contributed by atoms with Crippen LogP contribution in [0, 0.1) is 6.92 Å². The first-order valence-corrected chi connectivity index (χ1v) is 9.40. The number of carbonyl (C=O) groups excluding carboxylic acids is 1. The molecule has 0 saturated carbocycles. The average molecular weight is 384 g/mol. The Kier molecular flexibility index (Phi) is 5.97. The second-order valence-electron chi connectivity index (χ2n) is 7.06. The molecule has 3 rings (SSSR count). The summed E-state index contributed by atoms with van der Waals surface area (Å²) in [6.07, 6.45) is 0.783. The first-order valence-electron chi connectivity index (χ1n) is 9.40. The van der Waals surface area contributed by atoms with E-state index < -0.39 is 0 Å². The summed E-state index contributed by atoms with van der Waals surface area (Å²) in [5.41, 5.74) is 4.37. The van der Waals surface area contributed by atoms with Gasteiger partial charge in [0.05, 0.1) is 27.4 Å². The van der Waals surface area contributed by atoms with Gasteiger partial charge in [-0.1, -0.05) is 17.7 Å². The van der Waals surface area contributed by atoms with E-state index in [0.29, 0.717) is 18.8 Å². The van der Waals surface area contributed by atoms with E-state index in [4.69, 9.17) is 14.2 Å². The van der Waals surface area contributed by atoms with Crippen LogP contribution in [0.3, 0.4) is 0 Å². The van der Waals surface area contributed by atoms with Gasteiger partial charge in [-0.25, -0.2) is 4.79 Å². The fraction of sp³-hybridized carbons (Fsp3) is 0.409. The van der Waals surface area contributed by atoms with Crippen LogP contribution in [0.1, 0.15) is 35.2 Å². The maximum atomic E-state index is 12.9. The fourth-order valence-electron chi connectivity index (χ4n) is 3.60. The van der Waals surface area contributed by atoms with Crippen LogP contribution in [0.2, 0.25) is 0 Å². The summed E-state index contributed by atoms with van der Waals surface area (Å²) in [6.45, 7) is 5.20. The van der Waals surface area contributed by atoms with Gasteiger partial charge in [0, 0.05) is 18.7 Å². The van der Waals surface area contributed by atoms with Crippen LogP contribution in [-0.4, -0.2) is 38.8 Å². The molecule has 2 aromatic carbocycles. The minimum absolute atomic E-state index is 0.0866. The Morgan fingerprint density at radius 2 is 1.64 bits per heavy atom. The van der Waals surface area contributed by atoms with Crippen LogP contribution in [0.15, 0.2) is 30.3 Å². The number of urea groups is 1. The average Bonchev–Trinajstić information content (AvgIpc) is 2.71. The van der Waals surface area contributed by atoms with Crippen LogP contribution < -0.4 is 19.5 Å². The number of fused-ring (bicyclic) bond motifs is 1. The van der Waals surface area contributed by atoms with E-state index in [2.05, 4.69) is 5.32 Å². The van der Waals surface area contributed by atoms with E-state index in [-0.39, 0.29) is 12.1 Å². The zero-order valence-corrected chi connectivity index (χ0v) is 17.2. The lowest BCUT2D eigenvalue weighted by Gasteiger charge is -2.31.